The van der Waals surface area contributed by atoms with Gasteiger partial charge in [0.15, 0.2) is 0 Å². The lowest BCUT2D eigenvalue weighted by atomic mass is 10.3. The first kappa shape index (κ1) is 11.6. The van der Waals surface area contributed by atoms with Crippen LogP contribution in [0.1, 0.15) is 19.0 Å². The van der Waals surface area contributed by atoms with Crippen molar-refractivity contribution in [2.24, 2.45) is 5.73 Å². The van der Waals surface area contributed by atoms with Gasteiger partial charge in [0.25, 0.3) is 0 Å². The fourth-order valence-corrected chi connectivity index (χ4v) is 1.49. The summed E-state index contributed by atoms with van der Waals surface area (Å²) in [7, 11) is 0. The van der Waals surface area contributed by atoms with E-state index in [1.54, 1.807) is 4.68 Å². The van der Waals surface area contributed by atoms with Gasteiger partial charge in [0.1, 0.15) is 11.4 Å². The van der Waals surface area contributed by atoms with Crippen molar-refractivity contribution in [3.63, 3.8) is 0 Å². The third kappa shape index (κ3) is 2.62. The van der Waals surface area contributed by atoms with Gasteiger partial charge in [-0.3, -0.25) is 0 Å². The van der Waals surface area contributed by atoms with Crippen LogP contribution in [0.5, 0.6) is 5.75 Å². The number of ether oxygens (including phenoxy) is 1. The van der Waals surface area contributed by atoms with Gasteiger partial charge in [0.2, 0.25) is 0 Å². The molecule has 1 aromatic heterocycles. The molecule has 1 heterocycles. The quantitative estimate of drug-likeness (QED) is 0.848. The number of nitrogens with two attached hydrogens (primary N) is 1. The number of nitrogens with zero attached hydrogens (tertiary/aromatic N) is 3. The lowest BCUT2D eigenvalue weighted by Crippen LogP contribution is -2.02. The van der Waals surface area contributed by atoms with E-state index in [0.717, 1.165) is 23.6 Å². The number of para-hydroxylation sites is 2. The summed E-state index contributed by atoms with van der Waals surface area (Å²) in [6.07, 6.45) is 2.79. The van der Waals surface area contributed by atoms with Crippen molar-refractivity contribution >= 4 is 0 Å². The smallest absolute Gasteiger partial charge is 0.145 e. The molecule has 0 unspecified atom stereocenters. The van der Waals surface area contributed by atoms with Crippen molar-refractivity contribution in [3.05, 3.63) is 36.2 Å². The van der Waals surface area contributed by atoms with E-state index in [1.165, 1.54) is 0 Å². The van der Waals surface area contributed by atoms with Crippen molar-refractivity contribution in [2.75, 3.05) is 6.61 Å². The Morgan fingerprint density at radius 1 is 1.35 bits per heavy atom. The second-order valence-corrected chi connectivity index (χ2v) is 3.67. The lowest BCUT2D eigenvalue weighted by molar-refractivity contribution is 0.315. The summed E-state index contributed by atoms with van der Waals surface area (Å²) in [6, 6.07) is 7.75. The van der Waals surface area contributed by atoms with Crippen LogP contribution in [-0.4, -0.2) is 21.6 Å². The van der Waals surface area contributed by atoms with Gasteiger partial charge >= 0.3 is 0 Å². The summed E-state index contributed by atoms with van der Waals surface area (Å²) in [6.45, 7) is 3.15. The molecule has 5 heteroatoms. The summed E-state index contributed by atoms with van der Waals surface area (Å²) in [4.78, 5) is 0. The molecule has 0 bridgehead atoms. The zero-order valence-corrected chi connectivity index (χ0v) is 9.84. The third-order valence-electron chi connectivity index (χ3n) is 2.32. The second-order valence-electron chi connectivity index (χ2n) is 3.67. The molecule has 0 fully saturated rings. The third-order valence-corrected chi connectivity index (χ3v) is 2.32. The van der Waals surface area contributed by atoms with E-state index in [4.69, 9.17) is 10.5 Å². The fourth-order valence-electron chi connectivity index (χ4n) is 1.49. The summed E-state index contributed by atoms with van der Waals surface area (Å²) < 4.78 is 7.35. The summed E-state index contributed by atoms with van der Waals surface area (Å²) in [5.74, 6) is 0.808. The van der Waals surface area contributed by atoms with Gasteiger partial charge in [-0.15, -0.1) is 5.10 Å². The van der Waals surface area contributed by atoms with Gasteiger partial charge in [0, 0.05) is 6.54 Å². The molecule has 0 spiro atoms. The van der Waals surface area contributed by atoms with Crippen molar-refractivity contribution in [1.82, 2.24) is 15.0 Å². The molecule has 0 amide bonds. The van der Waals surface area contributed by atoms with Gasteiger partial charge < -0.3 is 10.5 Å². The Hall–Kier alpha value is -1.88. The number of benzene rings is 1. The average molecular weight is 232 g/mol. The van der Waals surface area contributed by atoms with Crippen LogP contribution in [0.3, 0.4) is 0 Å². The SMILES string of the molecule is CCCOc1ccccc1-n1cc(CN)nn1. The van der Waals surface area contributed by atoms with E-state index in [0.29, 0.717) is 13.2 Å². The molecule has 0 aliphatic carbocycles. The molecule has 0 saturated carbocycles. The van der Waals surface area contributed by atoms with E-state index in [-0.39, 0.29) is 0 Å². The molecule has 0 aliphatic rings. The Labute approximate surface area is 100 Å². The molecule has 0 aliphatic heterocycles. The van der Waals surface area contributed by atoms with Gasteiger partial charge in [-0.25, -0.2) is 4.68 Å². The van der Waals surface area contributed by atoms with Crippen LogP contribution in [0.15, 0.2) is 30.5 Å². The monoisotopic (exact) mass is 232 g/mol. The molecule has 2 N–H and O–H groups in total. The zero-order valence-electron chi connectivity index (χ0n) is 9.84. The molecule has 5 nitrogen and oxygen atoms in total. The minimum absolute atomic E-state index is 0.387. The van der Waals surface area contributed by atoms with Crippen molar-refractivity contribution in [1.29, 1.82) is 0 Å². The molecule has 0 radical (unpaired) electrons. The summed E-state index contributed by atoms with van der Waals surface area (Å²) in [5.41, 5.74) is 7.15. The van der Waals surface area contributed by atoms with Gasteiger partial charge in [-0.2, -0.15) is 0 Å². The lowest BCUT2D eigenvalue weighted by Gasteiger charge is -2.09. The second kappa shape index (κ2) is 5.45. The molecular formula is C12H16N4O. The molecule has 2 rings (SSSR count). The van der Waals surface area contributed by atoms with Crippen LogP contribution in [0.2, 0.25) is 0 Å². The van der Waals surface area contributed by atoms with Crippen molar-refractivity contribution in [2.45, 2.75) is 19.9 Å². The molecule has 90 valence electrons. The molecule has 17 heavy (non-hydrogen) atoms. The maximum atomic E-state index is 5.66. The molecule has 2 aromatic rings. The first-order valence-corrected chi connectivity index (χ1v) is 5.68. The Morgan fingerprint density at radius 2 is 2.18 bits per heavy atom. The number of rotatable bonds is 5. The average Bonchev–Trinajstić information content (AvgIpc) is 2.85. The van der Waals surface area contributed by atoms with E-state index in [9.17, 15) is 0 Å². The highest BCUT2D eigenvalue weighted by Crippen LogP contribution is 2.21. The van der Waals surface area contributed by atoms with Crippen molar-refractivity contribution < 1.29 is 4.74 Å². The first-order chi connectivity index (χ1) is 8.35. The molecule has 1 aromatic carbocycles. The maximum absolute atomic E-state index is 5.66. The van der Waals surface area contributed by atoms with Gasteiger partial charge in [-0.05, 0) is 18.6 Å². The van der Waals surface area contributed by atoms with Crippen LogP contribution in [0.25, 0.3) is 5.69 Å². The van der Waals surface area contributed by atoms with E-state index < -0.39 is 0 Å². The van der Waals surface area contributed by atoms with E-state index in [1.807, 2.05) is 30.5 Å². The van der Waals surface area contributed by atoms with Crippen molar-refractivity contribution in [3.8, 4) is 11.4 Å². The van der Waals surface area contributed by atoms with E-state index >= 15 is 0 Å². The fraction of sp³-hybridized carbons (Fsp3) is 0.333. The Bertz CT molecular complexity index is 481. The highest BCUT2D eigenvalue weighted by Gasteiger charge is 2.07. The number of hydrogen-bond acceptors (Lipinski definition) is 4. The minimum atomic E-state index is 0.387. The first-order valence-electron chi connectivity index (χ1n) is 5.68. The van der Waals surface area contributed by atoms with Gasteiger partial charge in [-0.1, -0.05) is 24.3 Å². The standard InChI is InChI=1S/C12H16N4O/c1-2-7-17-12-6-4-3-5-11(12)16-9-10(8-13)14-15-16/h3-6,9H,2,7-8,13H2,1H3. The topological polar surface area (TPSA) is 66.0 Å². The maximum Gasteiger partial charge on any atom is 0.145 e. The zero-order chi connectivity index (χ0) is 12.1. The highest BCUT2D eigenvalue weighted by molar-refractivity contribution is 5.45. The largest absolute Gasteiger partial charge is 0.491 e. The summed E-state index contributed by atoms with van der Waals surface area (Å²) in [5, 5.41) is 8.00. The Balaban J connectivity index is 2.30. The van der Waals surface area contributed by atoms with E-state index in [2.05, 4.69) is 17.2 Å². The number of hydrogen-bond donors (Lipinski definition) is 1. The molecule has 0 atom stereocenters. The molecular weight excluding hydrogens is 216 g/mol. The van der Waals surface area contributed by atoms with Crippen LogP contribution in [-0.2, 0) is 6.54 Å². The predicted octanol–water partition coefficient (Wildman–Crippen LogP) is 1.51. The van der Waals surface area contributed by atoms with Crippen LogP contribution in [0, 0.1) is 0 Å². The summed E-state index contributed by atoms with van der Waals surface area (Å²) >= 11 is 0. The highest BCUT2D eigenvalue weighted by atomic mass is 16.5. The Kier molecular flexibility index (Phi) is 3.72. The van der Waals surface area contributed by atoms with Crippen LogP contribution < -0.4 is 10.5 Å². The predicted molar refractivity (Wildman–Crippen MR) is 65.0 cm³/mol. The van der Waals surface area contributed by atoms with Crippen LogP contribution in [0.4, 0.5) is 0 Å². The van der Waals surface area contributed by atoms with Gasteiger partial charge in [0.05, 0.1) is 18.5 Å². The minimum Gasteiger partial charge on any atom is -0.491 e. The van der Waals surface area contributed by atoms with Crippen LogP contribution >= 0.6 is 0 Å². The normalized spacial score (nSPS) is 10.5. The number of aromatic nitrogens is 3. The molecule has 0 saturated heterocycles. The Morgan fingerprint density at radius 3 is 2.88 bits per heavy atom.